The van der Waals surface area contributed by atoms with Crippen molar-refractivity contribution in [1.82, 2.24) is 29.0 Å². The van der Waals surface area contributed by atoms with E-state index in [0.717, 1.165) is 43.3 Å². The summed E-state index contributed by atoms with van der Waals surface area (Å²) in [5.41, 5.74) is 1.50. The largest absolute Gasteiger partial charge is 0.293 e. The molecule has 1 fully saturated rings. The fourth-order valence-corrected chi connectivity index (χ4v) is 3.64. The van der Waals surface area contributed by atoms with Gasteiger partial charge in [0.15, 0.2) is 0 Å². The van der Waals surface area contributed by atoms with Crippen LogP contribution in [0.5, 0.6) is 0 Å². The van der Waals surface area contributed by atoms with Gasteiger partial charge in [0, 0.05) is 24.8 Å². The normalized spacial score (nSPS) is 18.2. The summed E-state index contributed by atoms with van der Waals surface area (Å²) in [5.74, 6) is 1.76. The van der Waals surface area contributed by atoms with Crippen LogP contribution < -0.4 is 5.56 Å². The van der Waals surface area contributed by atoms with Crippen molar-refractivity contribution in [2.75, 3.05) is 6.54 Å². The summed E-state index contributed by atoms with van der Waals surface area (Å²) in [6, 6.07) is 7.66. The Bertz CT molecular complexity index is 960. The third kappa shape index (κ3) is 3.19. The predicted molar refractivity (Wildman–Crippen MR) is 94.4 cm³/mol. The summed E-state index contributed by atoms with van der Waals surface area (Å²) in [6.45, 7) is 6.46. The number of pyridine rings is 1. The SMILES string of the molecule is Cc1nc(C)n(C[C@H]2CCCN2Cc2cc(=O)n3ccccc3n2)n1. The summed E-state index contributed by atoms with van der Waals surface area (Å²) in [5, 5.41) is 4.48. The van der Waals surface area contributed by atoms with Gasteiger partial charge in [-0.1, -0.05) is 6.07 Å². The molecule has 0 aromatic carbocycles. The van der Waals surface area contributed by atoms with Crippen LogP contribution in [0.4, 0.5) is 0 Å². The maximum atomic E-state index is 12.3. The molecule has 4 heterocycles. The molecule has 1 aliphatic heterocycles. The van der Waals surface area contributed by atoms with Crippen LogP contribution in [-0.4, -0.2) is 41.6 Å². The summed E-state index contributed by atoms with van der Waals surface area (Å²) < 4.78 is 3.56. The molecule has 3 aromatic heterocycles. The monoisotopic (exact) mass is 338 g/mol. The highest BCUT2D eigenvalue weighted by Crippen LogP contribution is 2.21. The zero-order valence-electron chi connectivity index (χ0n) is 14.6. The number of hydrogen-bond acceptors (Lipinski definition) is 5. The average molecular weight is 338 g/mol. The van der Waals surface area contributed by atoms with Crippen molar-refractivity contribution in [3.05, 3.63) is 58.2 Å². The minimum atomic E-state index is -0.0286. The number of hydrogen-bond donors (Lipinski definition) is 0. The molecule has 0 aliphatic carbocycles. The van der Waals surface area contributed by atoms with Gasteiger partial charge in [0.2, 0.25) is 0 Å². The Morgan fingerprint density at radius 2 is 2.12 bits per heavy atom. The molecule has 0 unspecified atom stereocenters. The van der Waals surface area contributed by atoms with Crippen LogP contribution in [0.15, 0.2) is 35.3 Å². The molecule has 7 nitrogen and oxygen atoms in total. The molecule has 130 valence electrons. The van der Waals surface area contributed by atoms with Gasteiger partial charge in [-0.3, -0.25) is 14.1 Å². The Morgan fingerprint density at radius 1 is 1.24 bits per heavy atom. The van der Waals surface area contributed by atoms with Crippen LogP contribution >= 0.6 is 0 Å². The Kier molecular flexibility index (Phi) is 4.09. The van der Waals surface area contributed by atoms with E-state index in [1.54, 1.807) is 16.7 Å². The van der Waals surface area contributed by atoms with Gasteiger partial charge in [0.05, 0.1) is 12.2 Å². The summed E-state index contributed by atoms with van der Waals surface area (Å²) in [7, 11) is 0. The Labute approximate surface area is 145 Å². The van der Waals surface area contributed by atoms with Gasteiger partial charge in [-0.25, -0.2) is 14.6 Å². The number of nitrogens with zero attached hydrogens (tertiary/aromatic N) is 6. The van der Waals surface area contributed by atoms with Crippen LogP contribution in [0, 0.1) is 13.8 Å². The molecule has 0 saturated carbocycles. The molecule has 3 aromatic rings. The average Bonchev–Trinajstić information content (AvgIpc) is 3.14. The molecule has 4 rings (SSSR count). The van der Waals surface area contributed by atoms with E-state index in [4.69, 9.17) is 0 Å². The fraction of sp³-hybridized carbons (Fsp3) is 0.444. The number of rotatable bonds is 4. The predicted octanol–water partition coefficient (Wildman–Crippen LogP) is 1.57. The lowest BCUT2D eigenvalue weighted by Gasteiger charge is -2.24. The quantitative estimate of drug-likeness (QED) is 0.722. The number of aromatic nitrogens is 5. The van der Waals surface area contributed by atoms with Crippen LogP contribution in [0.2, 0.25) is 0 Å². The van der Waals surface area contributed by atoms with Crippen molar-refractivity contribution in [3.63, 3.8) is 0 Å². The van der Waals surface area contributed by atoms with E-state index in [-0.39, 0.29) is 5.56 Å². The molecule has 0 amide bonds. The highest BCUT2D eigenvalue weighted by Gasteiger charge is 2.26. The molecule has 0 radical (unpaired) electrons. The zero-order valence-corrected chi connectivity index (χ0v) is 14.6. The van der Waals surface area contributed by atoms with Crippen molar-refractivity contribution >= 4 is 5.65 Å². The lowest BCUT2D eigenvalue weighted by molar-refractivity contribution is 0.215. The van der Waals surface area contributed by atoms with Gasteiger partial charge < -0.3 is 0 Å². The van der Waals surface area contributed by atoms with Crippen molar-refractivity contribution in [1.29, 1.82) is 0 Å². The van der Waals surface area contributed by atoms with Crippen molar-refractivity contribution in [2.45, 2.75) is 45.8 Å². The highest BCUT2D eigenvalue weighted by atomic mass is 16.1. The van der Waals surface area contributed by atoms with Crippen molar-refractivity contribution in [2.24, 2.45) is 0 Å². The highest BCUT2D eigenvalue weighted by molar-refractivity contribution is 5.38. The van der Waals surface area contributed by atoms with Crippen LogP contribution in [0.25, 0.3) is 5.65 Å². The second kappa shape index (κ2) is 6.40. The van der Waals surface area contributed by atoms with Gasteiger partial charge in [0.25, 0.3) is 5.56 Å². The van der Waals surface area contributed by atoms with Crippen LogP contribution in [0.3, 0.4) is 0 Å². The Balaban J connectivity index is 1.55. The molecule has 1 atom stereocenters. The molecule has 0 N–H and O–H groups in total. The fourth-order valence-electron chi connectivity index (χ4n) is 3.64. The number of aryl methyl sites for hydroxylation is 2. The molecular formula is C18H22N6O. The number of fused-ring (bicyclic) bond motifs is 1. The molecule has 0 bridgehead atoms. The van der Waals surface area contributed by atoms with Crippen molar-refractivity contribution < 1.29 is 0 Å². The lowest BCUT2D eigenvalue weighted by Crippen LogP contribution is -2.34. The molecule has 1 aliphatic rings. The van der Waals surface area contributed by atoms with Gasteiger partial charge in [0.1, 0.15) is 17.3 Å². The van der Waals surface area contributed by atoms with E-state index >= 15 is 0 Å². The zero-order chi connectivity index (χ0) is 17.4. The summed E-state index contributed by atoms with van der Waals surface area (Å²) >= 11 is 0. The first kappa shape index (κ1) is 16.0. The Morgan fingerprint density at radius 3 is 2.92 bits per heavy atom. The lowest BCUT2D eigenvalue weighted by atomic mass is 10.2. The number of likely N-dealkylation sites (tertiary alicyclic amines) is 1. The topological polar surface area (TPSA) is 68.3 Å². The first-order valence-electron chi connectivity index (χ1n) is 8.69. The summed E-state index contributed by atoms with van der Waals surface area (Å²) in [6.07, 6.45) is 4.04. The van der Waals surface area contributed by atoms with Crippen LogP contribution in [-0.2, 0) is 13.1 Å². The summed E-state index contributed by atoms with van der Waals surface area (Å²) in [4.78, 5) is 23.7. The first-order valence-corrected chi connectivity index (χ1v) is 8.69. The van der Waals surface area contributed by atoms with Crippen molar-refractivity contribution in [3.8, 4) is 0 Å². The van der Waals surface area contributed by atoms with Gasteiger partial charge in [-0.15, -0.1) is 0 Å². The molecule has 25 heavy (non-hydrogen) atoms. The van der Waals surface area contributed by atoms with E-state index in [1.807, 2.05) is 36.7 Å². The molecule has 7 heteroatoms. The maximum absolute atomic E-state index is 12.3. The van der Waals surface area contributed by atoms with E-state index < -0.39 is 0 Å². The van der Waals surface area contributed by atoms with Crippen LogP contribution in [0.1, 0.15) is 30.2 Å². The minimum absolute atomic E-state index is 0.0286. The first-order chi connectivity index (χ1) is 12.1. The van der Waals surface area contributed by atoms with Gasteiger partial charge in [-0.05, 0) is 45.4 Å². The standard InChI is InChI=1S/C18H22N6O/c1-13-19-14(2)24(21-13)12-16-6-5-8-22(16)11-15-10-18(25)23-9-4-3-7-17(23)20-15/h3-4,7,9-10,16H,5-6,8,11-12H2,1-2H3/t16-/m1/s1. The minimum Gasteiger partial charge on any atom is -0.293 e. The Hall–Kier alpha value is -2.54. The third-order valence-electron chi connectivity index (χ3n) is 4.83. The van der Waals surface area contributed by atoms with E-state index in [1.165, 1.54) is 0 Å². The van der Waals surface area contributed by atoms with E-state index in [9.17, 15) is 4.79 Å². The van der Waals surface area contributed by atoms with E-state index in [2.05, 4.69) is 20.0 Å². The molecular weight excluding hydrogens is 316 g/mol. The third-order valence-corrected chi connectivity index (χ3v) is 4.83. The maximum Gasteiger partial charge on any atom is 0.258 e. The second-order valence-electron chi connectivity index (χ2n) is 6.67. The smallest absolute Gasteiger partial charge is 0.258 e. The van der Waals surface area contributed by atoms with Gasteiger partial charge >= 0.3 is 0 Å². The molecule has 0 spiro atoms. The molecule has 1 saturated heterocycles. The second-order valence-corrected chi connectivity index (χ2v) is 6.67. The van der Waals surface area contributed by atoms with Gasteiger partial charge in [-0.2, -0.15) is 5.10 Å². The van der Waals surface area contributed by atoms with E-state index in [0.29, 0.717) is 18.2 Å².